The average Bonchev–Trinajstić information content (AvgIpc) is 3.23. The molecule has 0 radical (unpaired) electrons. The second-order valence-electron chi connectivity index (χ2n) is 11.9. The molecule has 2 saturated heterocycles. The first-order chi connectivity index (χ1) is 18.4. The van der Waals surface area contributed by atoms with Gasteiger partial charge < -0.3 is 14.6 Å². The third kappa shape index (κ3) is 5.91. The van der Waals surface area contributed by atoms with Crippen LogP contribution < -0.4 is 10.5 Å². The summed E-state index contributed by atoms with van der Waals surface area (Å²) in [6, 6.07) is 9.86. The number of carboxylic acids is 1. The minimum absolute atomic E-state index is 0.0218. The molecule has 3 heterocycles. The molecule has 208 valence electrons. The Kier molecular flexibility index (Phi) is 8.68. The normalized spacial score (nSPS) is 25.4. The van der Waals surface area contributed by atoms with Crippen LogP contribution in [0, 0.1) is 0 Å². The summed E-state index contributed by atoms with van der Waals surface area (Å²) in [5, 5.41) is 9.15. The highest BCUT2D eigenvalue weighted by atomic mass is 16.4. The highest BCUT2D eigenvalue weighted by molar-refractivity contribution is 5.76. The topological polar surface area (TPSA) is 81.9 Å². The van der Waals surface area contributed by atoms with E-state index in [1.807, 2.05) is 33.7 Å². The van der Waals surface area contributed by atoms with Crippen LogP contribution in [0.25, 0.3) is 11.0 Å². The summed E-state index contributed by atoms with van der Waals surface area (Å²) < 4.78 is 2.00. The van der Waals surface area contributed by atoms with Crippen LogP contribution in [0.2, 0.25) is 0 Å². The van der Waals surface area contributed by atoms with Gasteiger partial charge in [0.15, 0.2) is 5.82 Å². The second kappa shape index (κ2) is 12.2. The number of carboxylic acid groups (broad SMARTS) is 1. The van der Waals surface area contributed by atoms with Gasteiger partial charge in [-0.15, -0.1) is 0 Å². The predicted octanol–water partition coefficient (Wildman–Crippen LogP) is 4.52. The van der Waals surface area contributed by atoms with Crippen molar-refractivity contribution in [1.29, 1.82) is 0 Å². The monoisotopic (exact) mass is 523 g/mol. The lowest BCUT2D eigenvalue weighted by Crippen LogP contribution is -2.50. The van der Waals surface area contributed by atoms with E-state index in [2.05, 4.69) is 23.6 Å². The van der Waals surface area contributed by atoms with Crippen molar-refractivity contribution in [1.82, 2.24) is 19.4 Å². The summed E-state index contributed by atoms with van der Waals surface area (Å²) in [7, 11) is 0. The van der Waals surface area contributed by atoms with Gasteiger partial charge in [0.1, 0.15) is 0 Å². The lowest BCUT2D eigenvalue weighted by Gasteiger charge is -2.39. The SMILES string of the molecule is CC1CC[C@@H](C[C@H](C)n2c(=O)c(N3CCN(CC(=O)O)CC3)nc3ccccc32)N1C1CCCCCCC1. The maximum Gasteiger partial charge on any atom is 0.317 e. The van der Waals surface area contributed by atoms with E-state index in [9.17, 15) is 9.59 Å². The third-order valence-corrected chi connectivity index (χ3v) is 9.21. The van der Waals surface area contributed by atoms with Gasteiger partial charge in [-0.2, -0.15) is 0 Å². The molecule has 1 unspecified atom stereocenters. The van der Waals surface area contributed by atoms with E-state index >= 15 is 0 Å². The fraction of sp³-hybridized carbons (Fsp3) is 0.700. The van der Waals surface area contributed by atoms with Gasteiger partial charge in [0.25, 0.3) is 5.56 Å². The van der Waals surface area contributed by atoms with E-state index < -0.39 is 5.97 Å². The number of carbonyl (C=O) groups is 1. The number of rotatable bonds is 7. The molecule has 1 aromatic carbocycles. The van der Waals surface area contributed by atoms with Crippen molar-refractivity contribution in [3.8, 4) is 0 Å². The van der Waals surface area contributed by atoms with E-state index in [0.29, 0.717) is 50.1 Å². The summed E-state index contributed by atoms with van der Waals surface area (Å²) in [4.78, 5) is 36.8. The van der Waals surface area contributed by atoms with Crippen LogP contribution in [-0.2, 0) is 4.79 Å². The van der Waals surface area contributed by atoms with Gasteiger partial charge in [-0.3, -0.25) is 19.4 Å². The number of likely N-dealkylation sites (tertiary alicyclic amines) is 1. The van der Waals surface area contributed by atoms with E-state index in [1.165, 1.54) is 57.8 Å². The summed E-state index contributed by atoms with van der Waals surface area (Å²) in [5.41, 5.74) is 1.73. The first-order valence-electron chi connectivity index (χ1n) is 14.9. The fourth-order valence-electron chi connectivity index (χ4n) is 7.32. The minimum atomic E-state index is -0.812. The molecule has 1 aromatic heterocycles. The number of fused-ring (bicyclic) bond motifs is 1. The van der Waals surface area contributed by atoms with Crippen molar-refractivity contribution in [3.63, 3.8) is 0 Å². The van der Waals surface area contributed by atoms with Crippen molar-refractivity contribution in [2.45, 2.75) is 102 Å². The van der Waals surface area contributed by atoms with E-state index in [0.717, 1.165) is 17.5 Å². The molecule has 1 N–H and O–H groups in total. The van der Waals surface area contributed by atoms with Crippen LogP contribution in [0.1, 0.15) is 84.1 Å². The number of aliphatic carboxylic acids is 1. The Morgan fingerprint density at radius 2 is 1.68 bits per heavy atom. The van der Waals surface area contributed by atoms with E-state index in [-0.39, 0.29) is 18.1 Å². The average molecular weight is 524 g/mol. The van der Waals surface area contributed by atoms with Crippen LogP contribution >= 0.6 is 0 Å². The standard InChI is InChI=1S/C30H45N5O3/c1-22-14-15-25(34(22)24-10-6-4-3-5-7-11-24)20-23(2)35-27-13-9-8-12-26(27)31-29(30(35)38)33-18-16-32(17-19-33)21-28(36)37/h8-9,12-13,22-25H,3-7,10-11,14-21H2,1-2H3,(H,36,37)/t22?,23-,25-/m0/s1. The van der Waals surface area contributed by atoms with Crippen molar-refractivity contribution in [2.24, 2.45) is 0 Å². The summed E-state index contributed by atoms with van der Waals surface area (Å²) in [6.45, 7) is 7.10. The molecular weight excluding hydrogens is 478 g/mol. The number of aromatic nitrogens is 2. The Morgan fingerprint density at radius 3 is 2.39 bits per heavy atom. The Balaban J connectivity index is 1.39. The molecule has 3 aliphatic rings. The van der Waals surface area contributed by atoms with Gasteiger partial charge in [-0.1, -0.05) is 44.2 Å². The Labute approximate surface area is 226 Å². The van der Waals surface area contributed by atoms with Gasteiger partial charge in [0, 0.05) is 50.3 Å². The van der Waals surface area contributed by atoms with Gasteiger partial charge in [-0.25, -0.2) is 4.98 Å². The highest BCUT2D eigenvalue weighted by Crippen LogP contribution is 2.36. The van der Waals surface area contributed by atoms with Crippen LogP contribution in [0.3, 0.4) is 0 Å². The maximum atomic E-state index is 14.0. The molecule has 3 fully saturated rings. The number of benzene rings is 1. The van der Waals surface area contributed by atoms with Crippen LogP contribution in [0.5, 0.6) is 0 Å². The number of nitrogens with zero attached hydrogens (tertiary/aromatic N) is 5. The zero-order chi connectivity index (χ0) is 26.6. The lowest BCUT2D eigenvalue weighted by atomic mass is 9.94. The van der Waals surface area contributed by atoms with Crippen LogP contribution in [-0.4, -0.2) is 81.3 Å². The first-order valence-corrected chi connectivity index (χ1v) is 14.9. The first kappa shape index (κ1) is 27.1. The molecule has 0 bridgehead atoms. The molecule has 8 nitrogen and oxygen atoms in total. The highest BCUT2D eigenvalue weighted by Gasteiger charge is 2.37. The van der Waals surface area contributed by atoms with Crippen molar-refractivity contribution in [2.75, 3.05) is 37.6 Å². The summed E-state index contributed by atoms with van der Waals surface area (Å²) in [5.74, 6) is -0.310. The van der Waals surface area contributed by atoms with Crippen LogP contribution in [0.4, 0.5) is 5.82 Å². The molecule has 2 aliphatic heterocycles. The Bertz CT molecular complexity index is 1150. The zero-order valence-corrected chi connectivity index (χ0v) is 23.2. The Hall–Kier alpha value is -2.45. The molecule has 5 rings (SSSR count). The van der Waals surface area contributed by atoms with Gasteiger partial charge in [0.2, 0.25) is 0 Å². The summed E-state index contributed by atoms with van der Waals surface area (Å²) >= 11 is 0. The zero-order valence-electron chi connectivity index (χ0n) is 23.2. The van der Waals surface area contributed by atoms with Crippen LogP contribution in [0.15, 0.2) is 29.1 Å². The second-order valence-corrected chi connectivity index (χ2v) is 11.9. The van der Waals surface area contributed by atoms with Gasteiger partial charge in [0.05, 0.1) is 17.6 Å². The molecule has 1 aliphatic carbocycles. The summed E-state index contributed by atoms with van der Waals surface area (Å²) in [6.07, 6.45) is 12.8. The number of anilines is 1. The smallest absolute Gasteiger partial charge is 0.317 e. The largest absolute Gasteiger partial charge is 0.480 e. The van der Waals surface area contributed by atoms with E-state index in [1.54, 1.807) is 0 Å². The molecular formula is C30H45N5O3. The van der Waals surface area contributed by atoms with Gasteiger partial charge >= 0.3 is 5.97 Å². The number of hydrogen-bond donors (Lipinski definition) is 1. The molecule has 0 spiro atoms. The Morgan fingerprint density at radius 1 is 1.00 bits per heavy atom. The molecule has 1 saturated carbocycles. The molecule has 38 heavy (non-hydrogen) atoms. The number of para-hydroxylation sites is 2. The van der Waals surface area contributed by atoms with Crippen molar-refractivity contribution >= 4 is 22.8 Å². The number of piperazine rings is 1. The lowest BCUT2D eigenvalue weighted by molar-refractivity contribution is -0.138. The number of hydrogen-bond acceptors (Lipinski definition) is 6. The van der Waals surface area contributed by atoms with Gasteiger partial charge in [-0.05, 0) is 58.1 Å². The minimum Gasteiger partial charge on any atom is -0.480 e. The van der Waals surface area contributed by atoms with Crippen molar-refractivity contribution < 1.29 is 9.90 Å². The molecule has 0 amide bonds. The fourth-order valence-corrected chi connectivity index (χ4v) is 7.32. The quantitative estimate of drug-likeness (QED) is 0.571. The van der Waals surface area contributed by atoms with E-state index in [4.69, 9.17) is 10.1 Å². The van der Waals surface area contributed by atoms with Crippen molar-refractivity contribution in [3.05, 3.63) is 34.6 Å². The molecule has 2 aromatic rings. The maximum absolute atomic E-state index is 14.0. The third-order valence-electron chi connectivity index (χ3n) is 9.21. The molecule has 8 heteroatoms. The molecule has 3 atom stereocenters. The predicted molar refractivity (Wildman–Crippen MR) is 152 cm³/mol.